The van der Waals surface area contributed by atoms with Crippen molar-refractivity contribution in [2.75, 3.05) is 5.43 Å². The van der Waals surface area contributed by atoms with E-state index in [1.807, 2.05) is 18.3 Å². The number of pyridine rings is 1. The van der Waals surface area contributed by atoms with E-state index < -0.39 is 0 Å². The van der Waals surface area contributed by atoms with Crippen LogP contribution in [-0.4, -0.2) is 9.66 Å². The van der Waals surface area contributed by atoms with E-state index in [0.29, 0.717) is 0 Å². The second-order valence-electron chi connectivity index (χ2n) is 4.77. The average Bonchev–Trinajstić information content (AvgIpc) is 2.76. The molecule has 2 heterocycles. The summed E-state index contributed by atoms with van der Waals surface area (Å²) in [6.07, 6.45) is 1.87. The summed E-state index contributed by atoms with van der Waals surface area (Å²) >= 11 is 0. The fourth-order valence-corrected chi connectivity index (χ4v) is 2.39. The molecule has 0 aliphatic rings. The zero-order chi connectivity index (χ0) is 13.2. The summed E-state index contributed by atoms with van der Waals surface area (Å²) in [7, 11) is 0. The van der Waals surface area contributed by atoms with E-state index in [1.54, 1.807) is 0 Å². The third kappa shape index (κ3) is 2.19. The van der Waals surface area contributed by atoms with Gasteiger partial charge >= 0.3 is 0 Å². The van der Waals surface area contributed by atoms with Crippen LogP contribution in [-0.2, 0) is 6.54 Å². The molecule has 3 rings (SSSR count). The molecular weight excluding hydrogens is 234 g/mol. The maximum Gasteiger partial charge on any atom is 0.0705 e. The summed E-state index contributed by atoms with van der Waals surface area (Å²) in [5.74, 6) is 0. The van der Waals surface area contributed by atoms with Gasteiger partial charge in [0.15, 0.2) is 0 Å². The summed E-state index contributed by atoms with van der Waals surface area (Å²) in [5.41, 5.74) is 8.20. The number of hydrogen-bond donors (Lipinski definition) is 1. The Labute approximate surface area is 112 Å². The summed E-state index contributed by atoms with van der Waals surface area (Å²) in [4.78, 5) is 4.39. The van der Waals surface area contributed by atoms with Crippen LogP contribution in [0.15, 0.2) is 48.7 Å². The summed E-state index contributed by atoms with van der Waals surface area (Å²) in [6.45, 7) is 4.99. The fraction of sp³-hybridized carbons (Fsp3) is 0.188. The van der Waals surface area contributed by atoms with Crippen LogP contribution in [0.4, 0.5) is 0 Å². The van der Waals surface area contributed by atoms with E-state index in [1.165, 1.54) is 22.3 Å². The van der Waals surface area contributed by atoms with Crippen LogP contribution < -0.4 is 5.43 Å². The Hall–Kier alpha value is -2.29. The molecule has 0 aliphatic carbocycles. The Morgan fingerprint density at radius 3 is 2.53 bits per heavy atom. The molecule has 0 unspecified atom stereocenters. The molecule has 0 fully saturated rings. The zero-order valence-corrected chi connectivity index (χ0v) is 11.2. The summed E-state index contributed by atoms with van der Waals surface area (Å²) in [6, 6.07) is 14.6. The molecule has 3 heteroatoms. The molecule has 3 aromatic rings. The molecule has 0 saturated carbocycles. The molecule has 0 spiro atoms. The van der Waals surface area contributed by atoms with Crippen molar-refractivity contribution in [3.05, 3.63) is 65.6 Å². The lowest BCUT2D eigenvalue weighted by Gasteiger charge is -2.13. The number of aryl methyl sites for hydroxylation is 2. The topological polar surface area (TPSA) is 29.9 Å². The number of aromatic nitrogens is 2. The van der Waals surface area contributed by atoms with Crippen LogP contribution >= 0.6 is 0 Å². The summed E-state index contributed by atoms with van der Waals surface area (Å²) < 4.78 is 2.12. The van der Waals surface area contributed by atoms with Gasteiger partial charge in [-0.25, -0.2) is 0 Å². The Morgan fingerprint density at radius 1 is 1.00 bits per heavy atom. The number of nitrogens with one attached hydrogen (secondary N) is 1. The van der Waals surface area contributed by atoms with Crippen LogP contribution in [0.5, 0.6) is 0 Å². The van der Waals surface area contributed by atoms with E-state index in [4.69, 9.17) is 0 Å². The van der Waals surface area contributed by atoms with Gasteiger partial charge in [0.2, 0.25) is 0 Å². The van der Waals surface area contributed by atoms with E-state index in [9.17, 15) is 0 Å². The number of benzene rings is 1. The van der Waals surface area contributed by atoms with Gasteiger partial charge in [0.1, 0.15) is 0 Å². The van der Waals surface area contributed by atoms with E-state index >= 15 is 0 Å². The zero-order valence-electron chi connectivity index (χ0n) is 11.2. The van der Waals surface area contributed by atoms with Crippen molar-refractivity contribution in [3.8, 4) is 0 Å². The van der Waals surface area contributed by atoms with Gasteiger partial charge in [0, 0.05) is 23.0 Å². The SMILES string of the molecule is Cc1ccc(C)n1NCc1ccnc2ccccc12. The van der Waals surface area contributed by atoms with Crippen molar-refractivity contribution in [2.24, 2.45) is 0 Å². The predicted octanol–water partition coefficient (Wildman–Crippen LogP) is 3.40. The van der Waals surface area contributed by atoms with E-state index in [-0.39, 0.29) is 0 Å². The lowest BCUT2D eigenvalue weighted by atomic mass is 10.1. The second kappa shape index (κ2) is 4.76. The van der Waals surface area contributed by atoms with Gasteiger partial charge < -0.3 is 5.43 Å². The lowest BCUT2D eigenvalue weighted by molar-refractivity contribution is 0.794. The number of rotatable bonds is 3. The van der Waals surface area contributed by atoms with Gasteiger partial charge in [0.25, 0.3) is 0 Å². The Balaban J connectivity index is 1.90. The average molecular weight is 251 g/mol. The van der Waals surface area contributed by atoms with Crippen LogP contribution in [0.1, 0.15) is 17.0 Å². The van der Waals surface area contributed by atoms with Gasteiger partial charge in [-0.1, -0.05) is 18.2 Å². The first-order valence-electron chi connectivity index (χ1n) is 6.47. The highest BCUT2D eigenvalue weighted by atomic mass is 15.4. The van der Waals surface area contributed by atoms with Crippen molar-refractivity contribution < 1.29 is 0 Å². The molecule has 2 aromatic heterocycles. The quantitative estimate of drug-likeness (QED) is 0.773. The van der Waals surface area contributed by atoms with Crippen molar-refractivity contribution in [2.45, 2.75) is 20.4 Å². The highest BCUT2D eigenvalue weighted by Gasteiger charge is 2.03. The van der Waals surface area contributed by atoms with Crippen molar-refractivity contribution in [1.29, 1.82) is 0 Å². The lowest BCUT2D eigenvalue weighted by Crippen LogP contribution is -2.17. The maximum atomic E-state index is 4.39. The normalized spacial score (nSPS) is 10.8. The standard InChI is InChI=1S/C16H17N3/c1-12-7-8-13(2)19(12)18-11-14-9-10-17-16-6-4-3-5-15(14)16/h3-10,18H,11H2,1-2H3. The first-order valence-corrected chi connectivity index (χ1v) is 6.47. The van der Waals surface area contributed by atoms with Gasteiger partial charge in [-0.3, -0.25) is 9.66 Å². The van der Waals surface area contributed by atoms with E-state index in [0.717, 1.165) is 12.1 Å². The third-order valence-electron chi connectivity index (χ3n) is 3.44. The van der Waals surface area contributed by atoms with E-state index in [2.05, 4.69) is 59.3 Å². The molecule has 0 saturated heterocycles. The minimum Gasteiger partial charge on any atom is -0.322 e. The molecule has 1 N–H and O–H groups in total. The number of para-hydroxylation sites is 1. The number of hydrogen-bond acceptors (Lipinski definition) is 2. The van der Waals surface area contributed by atoms with Crippen LogP contribution in [0, 0.1) is 13.8 Å². The highest BCUT2D eigenvalue weighted by Crippen LogP contribution is 2.16. The predicted molar refractivity (Wildman–Crippen MR) is 78.7 cm³/mol. The largest absolute Gasteiger partial charge is 0.322 e. The minimum atomic E-state index is 0.791. The van der Waals surface area contributed by atoms with Gasteiger partial charge in [-0.05, 0) is 43.7 Å². The third-order valence-corrected chi connectivity index (χ3v) is 3.44. The molecule has 0 bridgehead atoms. The van der Waals surface area contributed by atoms with Crippen LogP contribution in [0.25, 0.3) is 10.9 Å². The van der Waals surface area contributed by atoms with Crippen molar-refractivity contribution >= 4 is 10.9 Å². The summed E-state index contributed by atoms with van der Waals surface area (Å²) in [5, 5.41) is 1.21. The highest BCUT2D eigenvalue weighted by molar-refractivity contribution is 5.81. The molecule has 96 valence electrons. The number of nitrogens with zero attached hydrogens (tertiary/aromatic N) is 2. The van der Waals surface area contributed by atoms with Crippen LogP contribution in [0.2, 0.25) is 0 Å². The molecule has 1 aromatic carbocycles. The van der Waals surface area contributed by atoms with Crippen LogP contribution in [0.3, 0.4) is 0 Å². The Bertz CT molecular complexity index is 688. The Morgan fingerprint density at radius 2 is 1.74 bits per heavy atom. The molecule has 3 nitrogen and oxygen atoms in total. The minimum absolute atomic E-state index is 0.791. The molecule has 0 amide bonds. The van der Waals surface area contributed by atoms with Gasteiger partial charge in [0.05, 0.1) is 12.1 Å². The Kier molecular flexibility index (Phi) is 2.95. The molecule has 19 heavy (non-hydrogen) atoms. The van der Waals surface area contributed by atoms with Gasteiger partial charge in [-0.15, -0.1) is 0 Å². The van der Waals surface area contributed by atoms with Gasteiger partial charge in [-0.2, -0.15) is 0 Å². The molecule has 0 aliphatic heterocycles. The number of fused-ring (bicyclic) bond motifs is 1. The monoisotopic (exact) mass is 251 g/mol. The van der Waals surface area contributed by atoms with Crippen molar-refractivity contribution in [1.82, 2.24) is 9.66 Å². The first-order chi connectivity index (χ1) is 9.25. The van der Waals surface area contributed by atoms with Crippen molar-refractivity contribution in [3.63, 3.8) is 0 Å². The second-order valence-corrected chi connectivity index (χ2v) is 4.77. The first kappa shape index (κ1) is 11.8. The maximum absolute atomic E-state index is 4.39. The molecule has 0 atom stereocenters. The molecular formula is C16H17N3. The molecule has 0 radical (unpaired) electrons. The smallest absolute Gasteiger partial charge is 0.0705 e. The fourth-order valence-electron chi connectivity index (χ4n) is 2.39.